The van der Waals surface area contributed by atoms with E-state index in [4.69, 9.17) is 0 Å². The molecule has 0 nitrogen and oxygen atoms in total. The summed E-state index contributed by atoms with van der Waals surface area (Å²) in [4.78, 5) is 0. The van der Waals surface area contributed by atoms with Gasteiger partial charge in [0, 0.05) is 0 Å². The smallest absolute Gasteiger partial charge is 1.00 e. The molecule has 0 N–H and O–H groups in total. The van der Waals surface area contributed by atoms with Crippen LogP contribution in [0.25, 0.3) is 0 Å². The molecule has 3 aliphatic rings. The zero-order valence-corrected chi connectivity index (χ0v) is 22.3. The molecule has 29 heavy (non-hydrogen) atoms. The zero-order chi connectivity index (χ0) is 19.1. The van der Waals surface area contributed by atoms with E-state index in [2.05, 4.69) is 71.0 Å². The van der Waals surface area contributed by atoms with E-state index in [0.717, 1.165) is 3.63 Å². The van der Waals surface area contributed by atoms with Crippen molar-refractivity contribution in [2.24, 2.45) is 5.92 Å². The molecular formula is C26H32Cl2Zr. The monoisotopic (exact) mass is 504 g/mol. The Labute approximate surface area is 201 Å². The van der Waals surface area contributed by atoms with Crippen LogP contribution in [0.2, 0.25) is 3.63 Å². The van der Waals surface area contributed by atoms with Crippen molar-refractivity contribution in [2.45, 2.75) is 69.8 Å². The van der Waals surface area contributed by atoms with Crippen molar-refractivity contribution < 1.29 is 48.0 Å². The van der Waals surface area contributed by atoms with Gasteiger partial charge in [0.05, 0.1) is 0 Å². The summed E-state index contributed by atoms with van der Waals surface area (Å²) in [5.41, 5.74) is 11.7. The average Bonchev–Trinajstić information content (AvgIpc) is 3.15. The molecule has 3 aliphatic carbocycles. The molecule has 0 bridgehead atoms. The largest absolute Gasteiger partial charge is 1.00 e. The summed E-state index contributed by atoms with van der Waals surface area (Å²) in [6.45, 7) is 11.9. The third-order valence-corrected chi connectivity index (χ3v) is 12.5. The van der Waals surface area contributed by atoms with Gasteiger partial charge in [0.1, 0.15) is 0 Å². The third-order valence-electron chi connectivity index (χ3n) is 7.30. The molecule has 1 aromatic carbocycles. The van der Waals surface area contributed by atoms with Gasteiger partial charge in [0.25, 0.3) is 0 Å². The molecule has 0 amide bonds. The first kappa shape index (κ1) is 24.9. The van der Waals surface area contributed by atoms with E-state index in [0.29, 0.717) is 11.8 Å². The topological polar surface area (TPSA) is 0 Å². The summed E-state index contributed by atoms with van der Waals surface area (Å²) in [7, 11) is 0. The van der Waals surface area contributed by atoms with Crippen molar-refractivity contribution in [1.29, 1.82) is 0 Å². The maximum absolute atomic E-state index is 2.64. The number of hydrogen-bond donors (Lipinski definition) is 0. The average molecular weight is 507 g/mol. The van der Waals surface area contributed by atoms with Crippen LogP contribution in [0.1, 0.15) is 71.8 Å². The predicted molar refractivity (Wildman–Crippen MR) is 112 cm³/mol. The van der Waals surface area contributed by atoms with Crippen LogP contribution in [0.5, 0.6) is 0 Å². The van der Waals surface area contributed by atoms with Crippen molar-refractivity contribution in [3.8, 4) is 0 Å². The van der Waals surface area contributed by atoms with Crippen LogP contribution in [-0.4, -0.2) is 0 Å². The molecule has 0 spiro atoms. The molecular weight excluding hydrogens is 474 g/mol. The van der Waals surface area contributed by atoms with Crippen LogP contribution in [0.3, 0.4) is 0 Å². The minimum absolute atomic E-state index is 0. The van der Waals surface area contributed by atoms with E-state index in [-0.39, 0.29) is 24.8 Å². The van der Waals surface area contributed by atoms with Crippen LogP contribution in [0, 0.1) is 5.92 Å². The standard InChI is InChI=1S/C17H19.C9H13.2ClH.Zr/c1-2-13-11-15-9-6-10-16(17(15)12-13)14-7-4-3-5-8-14;1-6-5-7(2)9(4)8(6)3;;;/h3-5,7-8,11-12,16H,2,6,9-10H2,1H3;6H,1-4H3;2*1H;/q;;;;+2/p-2. The van der Waals surface area contributed by atoms with Crippen molar-refractivity contribution >= 4 is 0 Å². The van der Waals surface area contributed by atoms with E-state index in [1.165, 1.54) is 31.2 Å². The fourth-order valence-electron chi connectivity index (χ4n) is 5.30. The minimum atomic E-state index is -0.656. The van der Waals surface area contributed by atoms with E-state index in [9.17, 15) is 0 Å². The second kappa shape index (κ2) is 10.3. The van der Waals surface area contributed by atoms with E-state index >= 15 is 0 Å². The SMILES string of the molecule is CCC1=CC2=C(CCCC2c2ccccc2)[CH]1[Zr+2][C]1=C(C)C(C)=C(C)C1C.[Cl-].[Cl-]. The van der Waals surface area contributed by atoms with Crippen LogP contribution >= 0.6 is 0 Å². The molecule has 0 radical (unpaired) electrons. The molecule has 0 fully saturated rings. The second-order valence-corrected chi connectivity index (χ2v) is 12.0. The van der Waals surface area contributed by atoms with Crippen LogP contribution in [0.4, 0.5) is 0 Å². The van der Waals surface area contributed by atoms with Gasteiger partial charge in [0.2, 0.25) is 0 Å². The maximum atomic E-state index is 2.64. The molecule has 0 saturated heterocycles. The molecule has 3 unspecified atom stereocenters. The van der Waals surface area contributed by atoms with Gasteiger partial charge in [-0.05, 0) is 0 Å². The van der Waals surface area contributed by atoms with Gasteiger partial charge in [-0.15, -0.1) is 0 Å². The first-order valence-electron chi connectivity index (χ1n) is 10.7. The Kier molecular flexibility index (Phi) is 8.85. The number of rotatable bonds is 4. The van der Waals surface area contributed by atoms with Crippen LogP contribution < -0.4 is 24.8 Å². The number of benzene rings is 1. The molecule has 4 rings (SSSR count). The minimum Gasteiger partial charge on any atom is -1.00 e. The van der Waals surface area contributed by atoms with Crippen molar-refractivity contribution in [2.75, 3.05) is 0 Å². The zero-order valence-electron chi connectivity index (χ0n) is 18.3. The third kappa shape index (κ3) is 4.49. The molecule has 154 valence electrons. The number of hydrogen-bond acceptors (Lipinski definition) is 0. The van der Waals surface area contributed by atoms with Gasteiger partial charge < -0.3 is 24.8 Å². The number of allylic oxidation sites excluding steroid dienone is 8. The summed E-state index contributed by atoms with van der Waals surface area (Å²) in [6.07, 6.45) is 7.90. The molecule has 0 heterocycles. The van der Waals surface area contributed by atoms with Crippen molar-refractivity contribution in [3.63, 3.8) is 0 Å². The quantitative estimate of drug-likeness (QED) is 0.584. The summed E-state index contributed by atoms with van der Waals surface area (Å²) < 4.78 is 2.69. The molecule has 3 atom stereocenters. The van der Waals surface area contributed by atoms with E-state index in [1.54, 1.807) is 27.9 Å². The van der Waals surface area contributed by atoms with Crippen LogP contribution in [-0.2, 0) is 23.2 Å². The Morgan fingerprint density at radius 2 is 1.69 bits per heavy atom. The predicted octanol–water partition coefficient (Wildman–Crippen LogP) is 1.74. The molecule has 0 aliphatic heterocycles. The van der Waals surface area contributed by atoms with Gasteiger partial charge in [-0.3, -0.25) is 0 Å². The van der Waals surface area contributed by atoms with Crippen molar-refractivity contribution in [1.82, 2.24) is 0 Å². The van der Waals surface area contributed by atoms with Gasteiger partial charge >= 0.3 is 178 Å². The second-order valence-electron chi connectivity index (χ2n) is 8.55. The molecule has 1 aromatic rings. The summed E-state index contributed by atoms with van der Waals surface area (Å²) in [5, 5.41) is 0. The van der Waals surface area contributed by atoms with E-state index < -0.39 is 23.2 Å². The Bertz CT molecular complexity index is 873. The Hall–Kier alpha value is -0.357. The molecule has 0 aromatic heterocycles. The summed E-state index contributed by atoms with van der Waals surface area (Å²) in [6, 6.07) is 11.3. The fourth-order valence-corrected chi connectivity index (χ4v) is 10.6. The van der Waals surface area contributed by atoms with E-state index in [1.807, 2.05) is 8.85 Å². The molecule has 0 saturated carbocycles. The van der Waals surface area contributed by atoms with Gasteiger partial charge in [-0.25, -0.2) is 0 Å². The normalized spacial score (nSPS) is 26.0. The van der Waals surface area contributed by atoms with Crippen LogP contribution in [0.15, 0.2) is 73.1 Å². The Morgan fingerprint density at radius 1 is 1.00 bits per heavy atom. The first-order valence-corrected chi connectivity index (χ1v) is 13.3. The van der Waals surface area contributed by atoms with Crippen molar-refractivity contribution in [3.05, 3.63) is 78.7 Å². The summed E-state index contributed by atoms with van der Waals surface area (Å²) >= 11 is -0.656. The van der Waals surface area contributed by atoms with Gasteiger partial charge in [-0.2, -0.15) is 0 Å². The first-order chi connectivity index (χ1) is 13.0. The van der Waals surface area contributed by atoms with Gasteiger partial charge in [0.15, 0.2) is 0 Å². The summed E-state index contributed by atoms with van der Waals surface area (Å²) in [5.74, 6) is 1.34. The Balaban J connectivity index is 0.00000150. The van der Waals surface area contributed by atoms with Gasteiger partial charge in [-0.1, -0.05) is 0 Å². The number of halogens is 2. The molecule has 3 heteroatoms. The maximum Gasteiger partial charge on any atom is -1.00 e. The Morgan fingerprint density at radius 3 is 2.28 bits per heavy atom. The fraction of sp³-hybridized carbons (Fsp3) is 0.462.